The Bertz CT molecular complexity index is 832. The number of methoxy groups -OCH3 is 1. The monoisotopic (exact) mass is 531 g/mol. The Balaban J connectivity index is 0.00000420. The second-order valence-corrected chi connectivity index (χ2v) is 6.50. The highest BCUT2D eigenvalue weighted by Crippen LogP contribution is 2.22. The summed E-state index contributed by atoms with van der Waals surface area (Å²) in [6.07, 6.45) is 1.05. The molecule has 1 aromatic carbocycles. The largest absolute Gasteiger partial charge is 0.497 e. The molecule has 2 aromatic rings. The summed E-state index contributed by atoms with van der Waals surface area (Å²) in [4.78, 5) is 20.4. The molecule has 3 N–H and O–H groups in total. The van der Waals surface area contributed by atoms with Crippen LogP contribution in [0.2, 0.25) is 5.02 Å². The number of aliphatic imine (C=N–C) groups is 1. The average molecular weight is 532 g/mol. The van der Waals surface area contributed by atoms with Crippen molar-refractivity contribution < 1.29 is 9.53 Å². The molecule has 0 saturated carbocycles. The molecule has 0 atom stereocenters. The van der Waals surface area contributed by atoms with Crippen LogP contribution in [0.5, 0.6) is 5.75 Å². The van der Waals surface area contributed by atoms with Gasteiger partial charge in [-0.2, -0.15) is 0 Å². The van der Waals surface area contributed by atoms with E-state index in [9.17, 15) is 4.79 Å². The first kappa shape index (κ1) is 25.0. The molecule has 1 aromatic heterocycles. The van der Waals surface area contributed by atoms with Crippen LogP contribution in [-0.4, -0.2) is 44.1 Å². The lowest BCUT2D eigenvalue weighted by molar-refractivity contribution is -0.116. The van der Waals surface area contributed by atoms with Crippen molar-refractivity contribution in [1.82, 2.24) is 15.6 Å². The Morgan fingerprint density at radius 1 is 1.21 bits per heavy atom. The van der Waals surface area contributed by atoms with Gasteiger partial charge >= 0.3 is 0 Å². The summed E-state index contributed by atoms with van der Waals surface area (Å²) < 4.78 is 5.15. The summed E-state index contributed by atoms with van der Waals surface area (Å²) >= 11 is 6.25. The zero-order valence-corrected chi connectivity index (χ0v) is 19.9. The Morgan fingerprint density at radius 3 is 2.62 bits per heavy atom. The van der Waals surface area contributed by atoms with Gasteiger partial charge in [-0.3, -0.25) is 9.79 Å². The molecule has 0 aliphatic heterocycles. The van der Waals surface area contributed by atoms with Gasteiger partial charge in [0.1, 0.15) is 11.6 Å². The van der Waals surface area contributed by atoms with Crippen LogP contribution in [0.25, 0.3) is 0 Å². The van der Waals surface area contributed by atoms with Crippen LogP contribution < -0.4 is 20.7 Å². The van der Waals surface area contributed by atoms with Gasteiger partial charge in [0.15, 0.2) is 5.96 Å². The number of rotatable bonds is 8. The smallest absolute Gasteiger partial charge is 0.227 e. The predicted octanol–water partition coefficient (Wildman–Crippen LogP) is 3.41. The number of nitrogens with zero attached hydrogens (tertiary/aromatic N) is 2. The lowest BCUT2D eigenvalue weighted by atomic mass is 10.1. The Hall–Kier alpha value is -2.07. The van der Waals surface area contributed by atoms with E-state index in [1.165, 1.54) is 0 Å². The summed E-state index contributed by atoms with van der Waals surface area (Å²) in [6.45, 7) is 3.00. The molecule has 0 bridgehead atoms. The highest BCUT2D eigenvalue weighted by Gasteiger charge is 2.06. The fourth-order valence-electron chi connectivity index (χ4n) is 2.51. The standard InChI is InChI=1S/C20H26ClN5O2.HI/c1-14-5-4-6-18(25-14)26-19(27)10-12-24-20(22-2)23-11-9-15-7-8-16(28-3)13-17(15)21;/h4-8,13H,9-12H2,1-3H3,(H2,22,23,24)(H,25,26,27);1H. The van der Waals surface area contributed by atoms with Gasteiger partial charge in [0.05, 0.1) is 7.11 Å². The van der Waals surface area contributed by atoms with Crippen molar-refractivity contribution in [3.8, 4) is 5.75 Å². The number of hydrogen-bond acceptors (Lipinski definition) is 4. The lowest BCUT2D eigenvalue weighted by Crippen LogP contribution is -2.39. The number of carbonyl (C=O) groups excluding carboxylic acids is 1. The molecule has 7 nitrogen and oxygen atoms in total. The van der Waals surface area contributed by atoms with Gasteiger partial charge in [0.2, 0.25) is 5.91 Å². The highest BCUT2D eigenvalue weighted by atomic mass is 127. The maximum Gasteiger partial charge on any atom is 0.227 e. The maximum atomic E-state index is 12.0. The van der Waals surface area contributed by atoms with E-state index in [-0.39, 0.29) is 29.9 Å². The second kappa shape index (κ2) is 13.2. The molecular formula is C20H27ClIN5O2. The van der Waals surface area contributed by atoms with E-state index in [1.807, 2.05) is 31.2 Å². The minimum atomic E-state index is -0.105. The zero-order valence-electron chi connectivity index (χ0n) is 16.8. The molecule has 158 valence electrons. The van der Waals surface area contributed by atoms with E-state index < -0.39 is 0 Å². The third-order valence-corrected chi connectivity index (χ3v) is 4.32. The number of benzene rings is 1. The van der Waals surface area contributed by atoms with E-state index in [0.29, 0.717) is 36.3 Å². The first-order valence-corrected chi connectivity index (χ1v) is 9.40. The van der Waals surface area contributed by atoms with E-state index >= 15 is 0 Å². The minimum Gasteiger partial charge on any atom is -0.497 e. The van der Waals surface area contributed by atoms with Crippen LogP contribution in [0.15, 0.2) is 41.4 Å². The molecule has 1 heterocycles. The Kier molecular flexibility index (Phi) is 11.4. The van der Waals surface area contributed by atoms with Crippen molar-refractivity contribution in [2.24, 2.45) is 4.99 Å². The van der Waals surface area contributed by atoms with Crippen LogP contribution in [0.3, 0.4) is 0 Å². The molecule has 0 aliphatic carbocycles. The molecule has 1 amide bonds. The molecule has 2 rings (SSSR count). The summed E-state index contributed by atoms with van der Waals surface area (Å²) in [5.41, 5.74) is 1.88. The Labute approximate surface area is 193 Å². The number of guanidine groups is 1. The third-order valence-electron chi connectivity index (χ3n) is 3.97. The number of anilines is 1. The zero-order chi connectivity index (χ0) is 20.4. The minimum absolute atomic E-state index is 0. The highest BCUT2D eigenvalue weighted by molar-refractivity contribution is 14.0. The van der Waals surface area contributed by atoms with E-state index in [2.05, 4.69) is 25.9 Å². The van der Waals surface area contributed by atoms with E-state index in [4.69, 9.17) is 16.3 Å². The van der Waals surface area contributed by atoms with Crippen LogP contribution >= 0.6 is 35.6 Å². The van der Waals surface area contributed by atoms with Crippen LogP contribution in [0, 0.1) is 6.92 Å². The molecule has 0 unspecified atom stereocenters. The topological polar surface area (TPSA) is 87.6 Å². The van der Waals surface area contributed by atoms with Crippen molar-refractivity contribution >= 4 is 53.3 Å². The number of hydrogen-bond donors (Lipinski definition) is 3. The van der Waals surface area contributed by atoms with Crippen LogP contribution in [0.1, 0.15) is 17.7 Å². The van der Waals surface area contributed by atoms with E-state index in [1.54, 1.807) is 26.3 Å². The van der Waals surface area contributed by atoms with Crippen molar-refractivity contribution in [3.05, 3.63) is 52.7 Å². The third kappa shape index (κ3) is 8.86. The number of nitrogens with one attached hydrogen (secondary N) is 3. The molecule has 0 saturated heterocycles. The number of ether oxygens (including phenoxy) is 1. The summed E-state index contributed by atoms with van der Waals surface area (Å²) in [6, 6.07) is 11.1. The fraction of sp³-hybridized carbons (Fsp3) is 0.350. The van der Waals surface area contributed by atoms with Gasteiger partial charge in [-0.15, -0.1) is 24.0 Å². The summed E-state index contributed by atoms with van der Waals surface area (Å²) in [7, 11) is 3.30. The molecule has 0 fully saturated rings. The van der Waals surface area contributed by atoms with Crippen molar-refractivity contribution in [2.45, 2.75) is 19.8 Å². The number of aryl methyl sites for hydroxylation is 1. The second-order valence-electron chi connectivity index (χ2n) is 6.10. The summed E-state index contributed by atoms with van der Waals surface area (Å²) in [5.74, 6) is 1.82. The number of pyridine rings is 1. The number of carbonyl (C=O) groups is 1. The van der Waals surface area contributed by atoms with Crippen molar-refractivity contribution in [3.63, 3.8) is 0 Å². The van der Waals surface area contributed by atoms with Crippen molar-refractivity contribution in [2.75, 3.05) is 32.6 Å². The lowest BCUT2D eigenvalue weighted by Gasteiger charge is -2.12. The molecule has 0 aliphatic rings. The average Bonchev–Trinajstić information content (AvgIpc) is 2.67. The first-order chi connectivity index (χ1) is 13.5. The van der Waals surface area contributed by atoms with Gasteiger partial charge in [-0.25, -0.2) is 4.98 Å². The Morgan fingerprint density at radius 2 is 1.97 bits per heavy atom. The summed E-state index contributed by atoms with van der Waals surface area (Å²) in [5, 5.41) is 9.78. The normalized spacial score (nSPS) is 10.7. The van der Waals surface area contributed by atoms with Crippen LogP contribution in [-0.2, 0) is 11.2 Å². The molecule has 0 radical (unpaired) electrons. The number of amides is 1. The fourth-order valence-corrected chi connectivity index (χ4v) is 2.77. The SMILES string of the molecule is CN=C(NCCC(=O)Nc1cccc(C)n1)NCCc1ccc(OC)cc1Cl.I. The predicted molar refractivity (Wildman–Crippen MR) is 129 cm³/mol. The van der Waals surface area contributed by atoms with Gasteiger partial charge < -0.3 is 20.7 Å². The maximum absolute atomic E-state index is 12.0. The van der Waals surface area contributed by atoms with Crippen molar-refractivity contribution in [1.29, 1.82) is 0 Å². The van der Waals surface area contributed by atoms with Gasteiger partial charge in [0, 0.05) is 37.3 Å². The number of aromatic nitrogens is 1. The van der Waals surface area contributed by atoms with Gasteiger partial charge in [-0.1, -0.05) is 23.7 Å². The molecule has 0 spiro atoms. The molecule has 9 heteroatoms. The quantitative estimate of drug-likeness (QED) is 0.276. The van der Waals surface area contributed by atoms with Gasteiger partial charge in [0.25, 0.3) is 0 Å². The number of halogens is 2. The molecule has 29 heavy (non-hydrogen) atoms. The molecular weight excluding hydrogens is 505 g/mol. The van der Waals surface area contributed by atoms with E-state index in [0.717, 1.165) is 23.4 Å². The van der Waals surface area contributed by atoms with Gasteiger partial charge in [-0.05, 0) is 43.2 Å². The first-order valence-electron chi connectivity index (χ1n) is 9.02. The van der Waals surface area contributed by atoms with Crippen LogP contribution in [0.4, 0.5) is 5.82 Å².